The van der Waals surface area contributed by atoms with E-state index in [1.54, 1.807) is 25.3 Å². The number of piperazine rings is 1. The fourth-order valence-electron chi connectivity index (χ4n) is 3.32. The van der Waals surface area contributed by atoms with E-state index in [0.29, 0.717) is 33.5 Å². The second-order valence-corrected chi connectivity index (χ2v) is 7.39. The number of carbonyl (C=O) groups excluding carboxylic acids is 1. The van der Waals surface area contributed by atoms with Gasteiger partial charge in [0.25, 0.3) is 5.91 Å². The molecule has 1 saturated heterocycles. The van der Waals surface area contributed by atoms with Crippen molar-refractivity contribution in [2.24, 2.45) is 0 Å². The van der Waals surface area contributed by atoms with Gasteiger partial charge in [0.05, 0.1) is 23.2 Å². The minimum Gasteiger partial charge on any atom is -0.495 e. The van der Waals surface area contributed by atoms with Crippen molar-refractivity contribution in [3.8, 4) is 5.75 Å². The van der Waals surface area contributed by atoms with E-state index in [0.717, 1.165) is 31.7 Å². The van der Waals surface area contributed by atoms with Crippen molar-refractivity contribution in [2.75, 3.05) is 50.6 Å². The van der Waals surface area contributed by atoms with Crippen LogP contribution in [0.2, 0.25) is 5.02 Å². The number of nitrogens with zero attached hydrogens (tertiary/aromatic N) is 4. The highest BCUT2D eigenvalue weighted by Crippen LogP contribution is 2.28. The third-order valence-electron chi connectivity index (χ3n) is 4.98. The fourth-order valence-corrected chi connectivity index (χ4v) is 3.57. The molecule has 4 rings (SSSR count). The molecule has 29 heavy (non-hydrogen) atoms. The predicted molar refractivity (Wildman–Crippen MR) is 115 cm³/mol. The van der Waals surface area contributed by atoms with Gasteiger partial charge in [-0.3, -0.25) is 4.79 Å². The molecule has 0 aliphatic carbocycles. The van der Waals surface area contributed by atoms with Crippen LogP contribution in [-0.4, -0.2) is 61.1 Å². The molecule has 150 valence electrons. The number of aromatic nitrogens is 2. The smallest absolute Gasteiger partial charge is 0.278 e. The van der Waals surface area contributed by atoms with E-state index in [1.807, 2.05) is 24.3 Å². The van der Waals surface area contributed by atoms with Gasteiger partial charge in [-0.2, -0.15) is 0 Å². The Labute approximate surface area is 174 Å². The van der Waals surface area contributed by atoms with Crippen LogP contribution in [0.3, 0.4) is 0 Å². The number of amides is 1. The minimum atomic E-state index is -0.321. The Bertz CT molecular complexity index is 1050. The molecule has 8 heteroatoms. The molecule has 2 aromatic carbocycles. The van der Waals surface area contributed by atoms with Crippen molar-refractivity contribution in [2.45, 2.75) is 0 Å². The van der Waals surface area contributed by atoms with Crippen molar-refractivity contribution in [1.29, 1.82) is 0 Å². The Kier molecular flexibility index (Phi) is 5.51. The molecule has 1 N–H and O–H groups in total. The van der Waals surface area contributed by atoms with Crippen LogP contribution in [-0.2, 0) is 0 Å². The molecule has 1 fully saturated rings. The molecule has 0 bridgehead atoms. The van der Waals surface area contributed by atoms with Gasteiger partial charge in [0.2, 0.25) is 0 Å². The van der Waals surface area contributed by atoms with Crippen molar-refractivity contribution in [3.05, 3.63) is 53.2 Å². The first-order valence-electron chi connectivity index (χ1n) is 9.40. The molecule has 0 spiro atoms. The number of methoxy groups -OCH3 is 1. The number of ether oxygens (including phenoxy) is 1. The number of rotatable bonds is 4. The van der Waals surface area contributed by atoms with Crippen LogP contribution in [0.5, 0.6) is 5.75 Å². The first-order chi connectivity index (χ1) is 14.0. The first-order valence-corrected chi connectivity index (χ1v) is 9.78. The van der Waals surface area contributed by atoms with Crippen LogP contribution >= 0.6 is 11.6 Å². The molecule has 2 heterocycles. The lowest BCUT2D eigenvalue weighted by molar-refractivity contribution is 0.102. The normalized spacial score (nSPS) is 14.8. The van der Waals surface area contributed by atoms with E-state index in [4.69, 9.17) is 21.3 Å². The molecular formula is C21H22ClN5O2. The molecule has 1 aliphatic heterocycles. The lowest BCUT2D eigenvalue weighted by Crippen LogP contribution is -2.45. The number of fused-ring (bicyclic) bond motifs is 1. The second-order valence-electron chi connectivity index (χ2n) is 6.98. The molecule has 0 unspecified atom stereocenters. The maximum atomic E-state index is 13.1. The van der Waals surface area contributed by atoms with Crippen molar-refractivity contribution in [3.63, 3.8) is 0 Å². The number of nitrogens with one attached hydrogen (secondary N) is 1. The largest absolute Gasteiger partial charge is 0.495 e. The van der Waals surface area contributed by atoms with Crippen LogP contribution in [0, 0.1) is 0 Å². The van der Waals surface area contributed by atoms with Gasteiger partial charge in [0.1, 0.15) is 5.75 Å². The van der Waals surface area contributed by atoms with E-state index in [2.05, 4.69) is 27.1 Å². The minimum absolute atomic E-state index is 0.306. The summed E-state index contributed by atoms with van der Waals surface area (Å²) in [5.74, 6) is 0.834. The maximum Gasteiger partial charge on any atom is 0.278 e. The van der Waals surface area contributed by atoms with Gasteiger partial charge in [-0.15, -0.1) is 0 Å². The first kappa shape index (κ1) is 19.4. The Morgan fingerprint density at radius 2 is 1.76 bits per heavy atom. The fraction of sp³-hybridized carbons (Fsp3) is 0.286. The number of halogens is 1. The summed E-state index contributed by atoms with van der Waals surface area (Å²) >= 11 is 6.19. The van der Waals surface area contributed by atoms with Gasteiger partial charge in [0, 0.05) is 31.9 Å². The highest BCUT2D eigenvalue weighted by Gasteiger charge is 2.24. The topological polar surface area (TPSA) is 70.6 Å². The van der Waals surface area contributed by atoms with Crippen molar-refractivity contribution in [1.82, 2.24) is 14.9 Å². The molecule has 0 saturated carbocycles. The number of hydrogen-bond donors (Lipinski definition) is 1. The summed E-state index contributed by atoms with van der Waals surface area (Å²) in [6.45, 7) is 3.39. The zero-order chi connectivity index (χ0) is 20.4. The zero-order valence-electron chi connectivity index (χ0n) is 16.4. The summed E-state index contributed by atoms with van der Waals surface area (Å²) in [5, 5.41) is 3.31. The van der Waals surface area contributed by atoms with Gasteiger partial charge in [-0.25, -0.2) is 9.97 Å². The van der Waals surface area contributed by atoms with Gasteiger partial charge >= 0.3 is 0 Å². The zero-order valence-corrected chi connectivity index (χ0v) is 17.1. The standard InChI is InChI=1S/C21H22ClN5O2/c1-26-9-11-27(12-10-26)20-19(24-16-5-3-4-6-17(16)25-20)21(28)23-14-7-8-18(29-2)15(22)13-14/h3-8,13H,9-12H2,1-2H3,(H,23,28). The molecule has 0 radical (unpaired) electrons. The molecule has 0 atom stereocenters. The average Bonchev–Trinajstić information content (AvgIpc) is 2.73. The number of likely N-dealkylation sites (N-methyl/N-ethyl adjacent to an activating group) is 1. The van der Waals surface area contributed by atoms with Gasteiger partial charge in [0.15, 0.2) is 11.5 Å². The van der Waals surface area contributed by atoms with E-state index in [9.17, 15) is 4.79 Å². The van der Waals surface area contributed by atoms with Crippen LogP contribution in [0.1, 0.15) is 10.5 Å². The maximum absolute atomic E-state index is 13.1. The number of anilines is 2. The summed E-state index contributed by atoms with van der Waals surface area (Å²) in [4.78, 5) is 26.9. The van der Waals surface area contributed by atoms with Crippen molar-refractivity contribution < 1.29 is 9.53 Å². The second kappa shape index (κ2) is 8.23. The monoisotopic (exact) mass is 411 g/mol. The molecular weight excluding hydrogens is 390 g/mol. The summed E-state index contributed by atoms with van der Waals surface area (Å²) in [6.07, 6.45) is 0. The average molecular weight is 412 g/mol. The van der Waals surface area contributed by atoms with Crippen molar-refractivity contribution >= 4 is 40.0 Å². The van der Waals surface area contributed by atoms with E-state index >= 15 is 0 Å². The van der Waals surface area contributed by atoms with Crippen LogP contribution < -0.4 is 15.0 Å². The summed E-state index contributed by atoms with van der Waals surface area (Å²) in [6, 6.07) is 12.7. The number of hydrogen-bond acceptors (Lipinski definition) is 6. The Morgan fingerprint density at radius 3 is 2.41 bits per heavy atom. The lowest BCUT2D eigenvalue weighted by Gasteiger charge is -2.33. The van der Waals surface area contributed by atoms with Crippen LogP contribution in [0.25, 0.3) is 11.0 Å². The Hall–Kier alpha value is -2.90. The Balaban J connectivity index is 1.69. The predicted octanol–water partition coefficient (Wildman–Crippen LogP) is 3.30. The molecule has 1 aromatic heterocycles. The third kappa shape index (κ3) is 4.11. The summed E-state index contributed by atoms with van der Waals surface area (Å²) in [7, 11) is 3.64. The molecule has 3 aromatic rings. The molecule has 1 amide bonds. The van der Waals surface area contributed by atoms with E-state index < -0.39 is 0 Å². The highest BCUT2D eigenvalue weighted by atomic mass is 35.5. The third-order valence-corrected chi connectivity index (χ3v) is 5.28. The van der Waals surface area contributed by atoms with E-state index in [1.165, 1.54) is 0 Å². The quantitative estimate of drug-likeness (QED) is 0.710. The van der Waals surface area contributed by atoms with Gasteiger partial charge < -0.3 is 19.9 Å². The summed E-state index contributed by atoms with van der Waals surface area (Å²) < 4.78 is 5.17. The number of carbonyl (C=O) groups is 1. The number of benzene rings is 2. The van der Waals surface area contributed by atoms with Gasteiger partial charge in [-0.1, -0.05) is 23.7 Å². The summed E-state index contributed by atoms with van der Waals surface area (Å²) in [5.41, 5.74) is 2.33. The van der Waals surface area contributed by atoms with Crippen LogP contribution in [0.15, 0.2) is 42.5 Å². The number of para-hydroxylation sites is 2. The lowest BCUT2D eigenvalue weighted by atomic mass is 10.2. The van der Waals surface area contributed by atoms with E-state index in [-0.39, 0.29) is 5.91 Å². The molecule has 1 aliphatic rings. The Morgan fingerprint density at radius 1 is 1.07 bits per heavy atom. The van der Waals surface area contributed by atoms with Crippen LogP contribution in [0.4, 0.5) is 11.5 Å². The highest BCUT2D eigenvalue weighted by molar-refractivity contribution is 6.32. The SMILES string of the molecule is COc1ccc(NC(=O)c2nc3ccccc3nc2N2CCN(C)CC2)cc1Cl. The molecule has 7 nitrogen and oxygen atoms in total. The van der Waals surface area contributed by atoms with Gasteiger partial charge in [-0.05, 0) is 37.4 Å².